The maximum absolute atomic E-state index is 12.6. The Kier molecular flexibility index (Phi) is 9.38. The van der Waals surface area contributed by atoms with Gasteiger partial charge in [-0.1, -0.05) is 53.4 Å². The highest BCUT2D eigenvalue weighted by Gasteiger charge is 2.37. The largest absolute Gasteiger partial charge is 0.481 e. The zero-order valence-corrected chi connectivity index (χ0v) is 15.9. The molecule has 0 bridgehead atoms. The first-order valence-electron chi connectivity index (χ1n) is 9.74. The molecule has 1 aliphatic rings. The molecule has 4 heteroatoms. The van der Waals surface area contributed by atoms with Gasteiger partial charge in [0.15, 0.2) is 0 Å². The molecule has 1 saturated carbocycles. The smallest absolute Gasteiger partial charge is 0.310 e. The van der Waals surface area contributed by atoms with Crippen molar-refractivity contribution < 1.29 is 19.4 Å². The summed E-state index contributed by atoms with van der Waals surface area (Å²) in [7, 11) is 0. The summed E-state index contributed by atoms with van der Waals surface area (Å²) in [6, 6.07) is 0. The molecule has 0 aromatic heterocycles. The molecule has 4 nitrogen and oxygen atoms in total. The standard InChI is InChI=1S/C20H36O4/c1-14(2)9-5-6-10-16(13-15(3)4)24-20(23)18-12-8-7-11-17(18)19(21)22/h14-18H,5-13H2,1-4H3,(H,21,22). The van der Waals surface area contributed by atoms with E-state index < -0.39 is 17.8 Å². The molecule has 0 aromatic rings. The van der Waals surface area contributed by atoms with Crippen LogP contribution in [0.5, 0.6) is 0 Å². The number of rotatable bonds is 10. The topological polar surface area (TPSA) is 63.6 Å². The van der Waals surface area contributed by atoms with Gasteiger partial charge in [0.1, 0.15) is 6.10 Å². The van der Waals surface area contributed by atoms with Gasteiger partial charge in [-0.05, 0) is 43.9 Å². The lowest BCUT2D eigenvalue weighted by Gasteiger charge is -2.29. The van der Waals surface area contributed by atoms with Crippen LogP contribution in [0.2, 0.25) is 0 Å². The first-order chi connectivity index (χ1) is 11.3. The molecule has 0 saturated heterocycles. The molecule has 24 heavy (non-hydrogen) atoms. The zero-order chi connectivity index (χ0) is 18.1. The summed E-state index contributed by atoms with van der Waals surface area (Å²) in [5, 5.41) is 9.35. The summed E-state index contributed by atoms with van der Waals surface area (Å²) in [6.07, 6.45) is 8.17. The Morgan fingerprint density at radius 1 is 0.958 bits per heavy atom. The van der Waals surface area contributed by atoms with Crippen molar-refractivity contribution in [1.82, 2.24) is 0 Å². The number of hydrogen-bond acceptors (Lipinski definition) is 3. The Morgan fingerprint density at radius 2 is 1.54 bits per heavy atom. The van der Waals surface area contributed by atoms with Crippen molar-refractivity contribution in [2.24, 2.45) is 23.7 Å². The lowest BCUT2D eigenvalue weighted by atomic mass is 9.79. The van der Waals surface area contributed by atoms with E-state index in [1.165, 1.54) is 6.42 Å². The minimum Gasteiger partial charge on any atom is -0.481 e. The highest BCUT2D eigenvalue weighted by atomic mass is 16.5. The second-order valence-corrected chi connectivity index (χ2v) is 8.20. The molecule has 3 unspecified atom stereocenters. The van der Waals surface area contributed by atoms with Crippen LogP contribution in [0.3, 0.4) is 0 Å². The fourth-order valence-corrected chi connectivity index (χ4v) is 3.64. The van der Waals surface area contributed by atoms with Gasteiger partial charge >= 0.3 is 11.9 Å². The fourth-order valence-electron chi connectivity index (χ4n) is 3.64. The van der Waals surface area contributed by atoms with Gasteiger partial charge in [-0.15, -0.1) is 0 Å². The van der Waals surface area contributed by atoms with E-state index in [1.807, 2.05) is 0 Å². The van der Waals surface area contributed by atoms with E-state index in [-0.39, 0.29) is 12.1 Å². The molecule has 1 rings (SSSR count). The average molecular weight is 341 g/mol. The van der Waals surface area contributed by atoms with Gasteiger partial charge in [0.25, 0.3) is 0 Å². The van der Waals surface area contributed by atoms with E-state index in [0.29, 0.717) is 24.7 Å². The maximum Gasteiger partial charge on any atom is 0.310 e. The van der Waals surface area contributed by atoms with E-state index >= 15 is 0 Å². The van der Waals surface area contributed by atoms with Gasteiger partial charge in [0.05, 0.1) is 11.8 Å². The molecule has 140 valence electrons. The molecule has 0 radical (unpaired) electrons. The van der Waals surface area contributed by atoms with Crippen molar-refractivity contribution in [3.63, 3.8) is 0 Å². The number of unbranched alkanes of at least 4 members (excludes halogenated alkanes) is 1. The summed E-state index contributed by atoms with van der Waals surface area (Å²) in [4.78, 5) is 24.0. The Labute approximate surface area is 147 Å². The van der Waals surface area contributed by atoms with E-state index in [4.69, 9.17) is 4.74 Å². The van der Waals surface area contributed by atoms with Crippen LogP contribution in [-0.2, 0) is 14.3 Å². The van der Waals surface area contributed by atoms with Crippen LogP contribution in [0.25, 0.3) is 0 Å². The van der Waals surface area contributed by atoms with Gasteiger partial charge in [-0.2, -0.15) is 0 Å². The summed E-state index contributed by atoms with van der Waals surface area (Å²) in [5.74, 6) is -0.983. The third kappa shape index (κ3) is 7.67. The molecular weight excluding hydrogens is 304 g/mol. The molecule has 0 aliphatic heterocycles. The minimum absolute atomic E-state index is 0.0685. The maximum atomic E-state index is 12.6. The van der Waals surface area contributed by atoms with Gasteiger partial charge in [-0.25, -0.2) is 0 Å². The van der Waals surface area contributed by atoms with Crippen molar-refractivity contribution in [2.75, 3.05) is 0 Å². The van der Waals surface area contributed by atoms with Crippen molar-refractivity contribution in [3.8, 4) is 0 Å². The number of esters is 1. The Hall–Kier alpha value is -1.06. The van der Waals surface area contributed by atoms with Crippen LogP contribution in [-0.4, -0.2) is 23.1 Å². The quantitative estimate of drug-likeness (QED) is 0.446. The Morgan fingerprint density at radius 3 is 2.08 bits per heavy atom. The van der Waals surface area contributed by atoms with E-state index in [9.17, 15) is 14.7 Å². The molecule has 1 fully saturated rings. The van der Waals surface area contributed by atoms with Crippen molar-refractivity contribution >= 4 is 11.9 Å². The predicted octanol–water partition coefficient (Wildman–Crippen LogP) is 5.05. The molecular formula is C20H36O4. The molecule has 0 heterocycles. The first kappa shape index (κ1) is 21.0. The number of carbonyl (C=O) groups is 2. The molecule has 0 aromatic carbocycles. The highest BCUT2D eigenvalue weighted by molar-refractivity contribution is 5.81. The molecule has 3 atom stereocenters. The number of aliphatic carboxylic acids is 1. The van der Waals surface area contributed by atoms with Gasteiger partial charge < -0.3 is 9.84 Å². The monoisotopic (exact) mass is 340 g/mol. The van der Waals surface area contributed by atoms with E-state index in [0.717, 1.165) is 38.5 Å². The van der Waals surface area contributed by atoms with Crippen molar-refractivity contribution in [2.45, 2.75) is 91.6 Å². The summed E-state index contributed by atoms with van der Waals surface area (Å²) >= 11 is 0. The number of carboxylic acid groups (broad SMARTS) is 1. The van der Waals surface area contributed by atoms with Crippen LogP contribution in [0, 0.1) is 23.7 Å². The Balaban J connectivity index is 2.56. The lowest BCUT2D eigenvalue weighted by Crippen LogP contribution is -2.35. The SMILES string of the molecule is CC(C)CCCCC(CC(C)C)OC(=O)C1CCCCC1C(=O)O. The third-order valence-corrected chi connectivity index (χ3v) is 4.96. The van der Waals surface area contributed by atoms with Crippen LogP contribution in [0.4, 0.5) is 0 Å². The van der Waals surface area contributed by atoms with Crippen LogP contribution in [0.1, 0.15) is 85.5 Å². The van der Waals surface area contributed by atoms with Gasteiger partial charge in [-0.3, -0.25) is 9.59 Å². The second kappa shape index (κ2) is 10.7. The average Bonchev–Trinajstić information content (AvgIpc) is 2.50. The van der Waals surface area contributed by atoms with E-state index in [1.54, 1.807) is 0 Å². The van der Waals surface area contributed by atoms with Crippen LogP contribution >= 0.6 is 0 Å². The zero-order valence-electron chi connectivity index (χ0n) is 15.9. The number of hydrogen-bond donors (Lipinski definition) is 1. The normalized spacial score (nSPS) is 22.6. The summed E-state index contributed by atoms with van der Waals surface area (Å²) in [5.41, 5.74) is 0. The molecule has 1 aliphatic carbocycles. The number of ether oxygens (including phenoxy) is 1. The minimum atomic E-state index is -0.853. The number of carboxylic acids is 1. The van der Waals surface area contributed by atoms with Gasteiger partial charge in [0.2, 0.25) is 0 Å². The first-order valence-corrected chi connectivity index (χ1v) is 9.74. The number of carbonyl (C=O) groups excluding carboxylic acids is 1. The Bertz CT molecular complexity index is 389. The van der Waals surface area contributed by atoms with Crippen LogP contribution < -0.4 is 0 Å². The van der Waals surface area contributed by atoms with Crippen molar-refractivity contribution in [3.05, 3.63) is 0 Å². The third-order valence-electron chi connectivity index (χ3n) is 4.96. The lowest BCUT2D eigenvalue weighted by molar-refractivity contribution is -0.164. The van der Waals surface area contributed by atoms with Gasteiger partial charge in [0, 0.05) is 0 Å². The molecule has 1 N–H and O–H groups in total. The summed E-state index contributed by atoms with van der Waals surface area (Å²) < 4.78 is 5.79. The molecule has 0 amide bonds. The second-order valence-electron chi connectivity index (χ2n) is 8.20. The molecule has 0 spiro atoms. The van der Waals surface area contributed by atoms with Crippen LogP contribution in [0.15, 0.2) is 0 Å². The van der Waals surface area contributed by atoms with Crippen molar-refractivity contribution in [1.29, 1.82) is 0 Å². The van der Waals surface area contributed by atoms with E-state index in [2.05, 4.69) is 27.7 Å². The summed E-state index contributed by atoms with van der Waals surface area (Å²) in [6.45, 7) is 8.71. The predicted molar refractivity (Wildman–Crippen MR) is 95.7 cm³/mol. The fraction of sp³-hybridized carbons (Fsp3) is 0.900. The highest BCUT2D eigenvalue weighted by Crippen LogP contribution is 2.32.